The van der Waals surface area contributed by atoms with Gasteiger partial charge in [-0.25, -0.2) is 4.79 Å². The van der Waals surface area contributed by atoms with Crippen LogP contribution in [0.3, 0.4) is 0 Å². The molecule has 1 fully saturated rings. The summed E-state index contributed by atoms with van der Waals surface area (Å²) in [5.74, 6) is -0.419. The number of rotatable bonds is 7. The van der Waals surface area contributed by atoms with Crippen LogP contribution in [-0.4, -0.2) is 38.0 Å². The van der Waals surface area contributed by atoms with Crippen molar-refractivity contribution in [2.45, 2.75) is 12.5 Å². The van der Waals surface area contributed by atoms with Crippen LogP contribution < -0.4 is 0 Å². The molecule has 0 amide bonds. The van der Waals surface area contributed by atoms with Crippen molar-refractivity contribution in [2.24, 2.45) is 0 Å². The molecule has 1 aliphatic heterocycles. The largest absolute Gasteiger partial charge is 0.463 e. The summed E-state index contributed by atoms with van der Waals surface area (Å²) in [7, 11) is 0. The Kier molecular flexibility index (Phi) is 4.05. The lowest BCUT2D eigenvalue weighted by Gasteiger charge is -2.13. The number of ether oxygens (including phenoxy) is 3. The van der Waals surface area contributed by atoms with E-state index in [0.717, 1.165) is 0 Å². The van der Waals surface area contributed by atoms with Gasteiger partial charge in [-0.3, -0.25) is 0 Å². The predicted octanol–water partition coefficient (Wildman–Crippen LogP) is 1.08. The highest BCUT2D eigenvalue weighted by molar-refractivity contribution is 5.90. The molecule has 0 bridgehead atoms. The number of hydrogen-bond acceptors (Lipinski definition) is 4. The Morgan fingerprint density at radius 3 is 2.80 bits per heavy atom. The summed E-state index contributed by atoms with van der Waals surface area (Å²) in [6.45, 7) is 10.5. The first-order valence-electron chi connectivity index (χ1n) is 4.85. The second-order valence-electron chi connectivity index (χ2n) is 3.29. The molecule has 84 valence electrons. The molecule has 0 aromatic heterocycles. The van der Waals surface area contributed by atoms with Crippen LogP contribution in [0.1, 0.15) is 6.92 Å². The molecule has 1 aliphatic rings. The van der Waals surface area contributed by atoms with Gasteiger partial charge in [0.05, 0.1) is 32.0 Å². The van der Waals surface area contributed by atoms with Gasteiger partial charge in [0.1, 0.15) is 5.60 Å². The molecule has 1 rings (SSSR count). The monoisotopic (exact) mass is 212 g/mol. The van der Waals surface area contributed by atoms with Crippen LogP contribution in [0.15, 0.2) is 24.8 Å². The van der Waals surface area contributed by atoms with Crippen LogP contribution in [0, 0.1) is 0 Å². The molecule has 1 saturated heterocycles. The second kappa shape index (κ2) is 5.09. The number of hydrogen-bond donors (Lipinski definition) is 0. The first-order valence-corrected chi connectivity index (χ1v) is 4.85. The maximum Gasteiger partial charge on any atom is 0.336 e. The van der Waals surface area contributed by atoms with Crippen LogP contribution in [0.5, 0.6) is 0 Å². The van der Waals surface area contributed by atoms with Crippen molar-refractivity contribution in [1.82, 2.24) is 0 Å². The SMILES string of the molecule is C=CCOCC1(C(=C)C(=O)OCC)CO1. The van der Waals surface area contributed by atoms with Gasteiger partial charge >= 0.3 is 5.97 Å². The summed E-state index contributed by atoms with van der Waals surface area (Å²) < 4.78 is 15.3. The minimum Gasteiger partial charge on any atom is -0.463 e. The summed E-state index contributed by atoms with van der Waals surface area (Å²) in [5, 5.41) is 0. The Labute approximate surface area is 89.5 Å². The molecule has 0 N–H and O–H groups in total. The van der Waals surface area contributed by atoms with Crippen LogP contribution in [0.25, 0.3) is 0 Å². The normalized spacial score (nSPS) is 23.3. The Hall–Kier alpha value is -1.13. The standard InChI is InChI=1S/C11H16O4/c1-4-6-13-7-11(8-15-11)9(3)10(12)14-5-2/h4H,1,3,5-8H2,2H3. The van der Waals surface area contributed by atoms with Crippen molar-refractivity contribution < 1.29 is 19.0 Å². The third-order valence-corrected chi connectivity index (χ3v) is 2.14. The Bertz CT molecular complexity index is 266. The van der Waals surface area contributed by atoms with Crippen molar-refractivity contribution in [3.8, 4) is 0 Å². The molecule has 4 nitrogen and oxygen atoms in total. The molecule has 1 unspecified atom stereocenters. The zero-order chi connectivity index (χ0) is 11.3. The third kappa shape index (κ3) is 2.91. The van der Waals surface area contributed by atoms with Gasteiger partial charge in [0.2, 0.25) is 0 Å². The lowest BCUT2D eigenvalue weighted by atomic mass is 10.0. The Balaban J connectivity index is 2.43. The van der Waals surface area contributed by atoms with Gasteiger partial charge in [-0.05, 0) is 6.92 Å². The first kappa shape index (κ1) is 11.9. The van der Waals surface area contributed by atoms with E-state index in [1.165, 1.54) is 0 Å². The number of esters is 1. The molecule has 0 radical (unpaired) electrons. The maximum absolute atomic E-state index is 11.4. The van der Waals surface area contributed by atoms with E-state index in [1.807, 2.05) is 0 Å². The van der Waals surface area contributed by atoms with E-state index >= 15 is 0 Å². The summed E-state index contributed by atoms with van der Waals surface area (Å²) >= 11 is 0. The fourth-order valence-electron chi connectivity index (χ4n) is 1.14. The molecule has 0 aromatic carbocycles. The number of carbonyl (C=O) groups is 1. The Morgan fingerprint density at radius 2 is 2.33 bits per heavy atom. The lowest BCUT2D eigenvalue weighted by molar-refractivity contribution is -0.139. The van der Waals surface area contributed by atoms with Gasteiger partial charge in [0.25, 0.3) is 0 Å². The third-order valence-electron chi connectivity index (χ3n) is 2.14. The lowest BCUT2D eigenvalue weighted by Crippen LogP contribution is -2.28. The van der Waals surface area contributed by atoms with Crippen molar-refractivity contribution in [3.63, 3.8) is 0 Å². The summed E-state index contributed by atoms with van der Waals surface area (Å²) in [6.07, 6.45) is 1.64. The topological polar surface area (TPSA) is 48.1 Å². The number of epoxide rings is 1. The van der Waals surface area contributed by atoms with Crippen LogP contribution >= 0.6 is 0 Å². The zero-order valence-corrected chi connectivity index (χ0v) is 8.95. The van der Waals surface area contributed by atoms with E-state index in [0.29, 0.717) is 32.0 Å². The fourth-order valence-corrected chi connectivity index (χ4v) is 1.14. The van der Waals surface area contributed by atoms with E-state index in [9.17, 15) is 4.79 Å². The van der Waals surface area contributed by atoms with Gasteiger partial charge in [0.15, 0.2) is 0 Å². The van der Waals surface area contributed by atoms with Gasteiger partial charge in [-0.15, -0.1) is 6.58 Å². The quantitative estimate of drug-likeness (QED) is 0.208. The molecule has 0 aliphatic carbocycles. The average Bonchev–Trinajstić information content (AvgIpc) is 2.99. The molecule has 1 atom stereocenters. The van der Waals surface area contributed by atoms with Crippen molar-refractivity contribution in [3.05, 3.63) is 24.8 Å². The molecule has 4 heteroatoms. The van der Waals surface area contributed by atoms with Crippen LogP contribution in [-0.2, 0) is 19.0 Å². The molecule has 0 spiro atoms. The molecular weight excluding hydrogens is 196 g/mol. The van der Waals surface area contributed by atoms with E-state index in [4.69, 9.17) is 14.2 Å². The summed E-state index contributed by atoms with van der Waals surface area (Å²) in [5.41, 5.74) is -0.330. The van der Waals surface area contributed by atoms with Crippen molar-refractivity contribution in [2.75, 3.05) is 26.4 Å². The number of carbonyl (C=O) groups excluding carboxylic acids is 1. The first-order chi connectivity index (χ1) is 7.16. The predicted molar refractivity (Wildman–Crippen MR) is 55.5 cm³/mol. The van der Waals surface area contributed by atoms with Gasteiger partial charge in [-0.1, -0.05) is 12.7 Å². The highest BCUT2D eigenvalue weighted by Crippen LogP contribution is 2.35. The minimum absolute atomic E-state index is 0.316. The van der Waals surface area contributed by atoms with Crippen molar-refractivity contribution >= 4 is 5.97 Å². The summed E-state index contributed by atoms with van der Waals surface area (Å²) in [4.78, 5) is 11.4. The maximum atomic E-state index is 11.4. The molecular formula is C11H16O4. The molecule has 1 heterocycles. The fraction of sp³-hybridized carbons (Fsp3) is 0.545. The smallest absolute Gasteiger partial charge is 0.336 e. The van der Waals surface area contributed by atoms with Gasteiger partial charge < -0.3 is 14.2 Å². The minimum atomic E-state index is -0.657. The molecule has 15 heavy (non-hydrogen) atoms. The Morgan fingerprint density at radius 1 is 1.67 bits per heavy atom. The van der Waals surface area contributed by atoms with E-state index in [2.05, 4.69) is 13.2 Å². The van der Waals surface area contributed by atoms with Gasteiger partial charge in [0, 0.05) is 0 Å². The van der Waals surface area contributed by atoms with Gasteiger partial charge in [-0.2, -0.15) is 0 Å². The molecule has 0 aromatic rings. The molecule has 0 saturated carbocycles. The highest BCUT2D eigenvalue weighted by Gasteiger charge is 2.50. The van der Waals surface area contributed by atoms with E-state index in [-0.39, 0.29) is 0 Å². The average molecular weight is 212 g/mol. The highest BCUT2D eigenvalue weighted by atomic mass is 16.6. The van der Waals surface area contributed by atoms with Crippen LogP contribution in [0.4, 0.5) is 0 Å². The second-order valence-corrected chi connectivity index (χ2v) is 3.29. The van der Waals surface area contributed by atoms with E-state index < -0.39 is 11.6 Å². The van der Waals surface area contributed by atoms with Crippen molar-refractivity contribution in [1.29, 1.82) is 0 Å². The summed E-state index contributed by atoms with van der Waals surface area (Å²) in [6, 6.07) is 0. The zero-order valence-electron chi connectivity index (χ0n) is 8.95. The van der Waals surface area contributed by atoms with Crippen LogP contribution in [0.2, 0.25) is 0 Å². The van der Waals surface area contributed by atoms with E-state index in [1.54, 1.807) is 13.0 Å².